The van der Waals surface area contributed by atoms with Gasteiger partial charge in [-0.15, -0.1) is 0 Å². The Morgan fingerprint density at radius 2 is 1.38 bits per heavy atom. The van der Waals surface area contributed by atoms with Crippen LogP contribution in [-0.4, -0.2) is 4.86 Å². The van der Waals surface area contributed by atoms with E-state index in [9.17, 15) is 0 Å². The fraction of sp³-hybridized carbons (Fsp3) is 0. The molecule has 0 aliphatic heterocycles. The van der Waals surface area contributed by atoms with Crippen molar-refractivity contribution < 1.29 is 0 Å². The molecule has 0 spiro atoms. The Balaban J connectivity index is 2.12. The summed E-state index contributed by atoms with van der Waals surface area (Å²) in [5.41, 5.74) is 2.26. The molecule has 0 nitrogen and oxygen atoms in total. The van der Waals surface area contributed by atoms with Crippen LogP contribution in [0.5, 0.6) is 0 Å². The van der Waals surface area contributed by atoms with E-state index in [2.05, 4.69) is 12.1 Å². The van der Waals surface area contributed by atoms with E-state index in [1.54, 1.807) is 0 Å². The van der Waals surface area contributed by atoms with Crippen molar-refractivity contribution in [1.29, 1.82) is 0 Å². The predicted molar refractivity (Wildman–Crippen MR) is 73.6 cm³/mol. The van der Waals surface area contributed by atoms with Crippen molar-refractivity contribution >= 4 is 23.2 Å². The van der Waals surface area contributed by atoms with E-state index in [0.717, 1.165) is 10.4 Å². The number of benzene rings is 2. The van der Waals surface area contributed by atoms with Gasteiger partial charge < -0.3 is 0 Å². The first kappa shape index (κ1) is 10.8. The molecular formula is C15H12S. The van der Waals surface area contributed by atoms with Crippen LogP contribution in [0, 0.1) is 0 Å². The van der Waals surface area contributed by atoms with Gasteiger partial charge in [-0.05, 0) is 17.2 Å². The lowest BCUT2D eigenvalue weighted by Crippen LogP contribution is -1.90. The lowest BCUT2D eigenvalue weighted by molar-refractivity contribution is 1.66. The molecule has 0 heterocycles. The topological polar surface area (TPSA) is 0 Å². The molecule has 2 aromatic carbocycles. The third-order valence-electron chi connectivity index (χ3n) is 2.29. The molecule has 0 amide bonds. The minimum Gasteiger partial charge on any atom is -0.0795 e. The summed E-state index contributed by atoms with van der Waals surface area (Å²) in [5.74, 6) is 0. The molecule has 0 aromatic heterocycles. The van der Waals surface area contributed by atoms with Gasteiger partial charge in [-0.25, -0.2) is 0 Å². The summed E-state index contributed by atoms with van der Waals surface area (Å²) in [5, 5.41) is 0. The van der Waals surface area contributed by atoms with Gasteiger partial charge in [-0.3, -0.25) is 0 Å². The summed E-state index contributed by atoms with van der Waals surface area (Å²) in [6.07, 6.45) is 4.01. The number of thiocarbonyl (C=S) groups is 1. The fourth-order valence-electron chi connectivity index (χ4n) is 1.43. The van der Waals surface area contributed by atoms with Crippen molar-refractivity contribution in [3.63, 3.8) is 0 Å². The van der Waals surface area contributed by atoms with E-state index in [0.29, 0.717) is 0 Å². The van der Waals surface area contributed by atoms with Gasteiger partial charge in [0.05, 0.1) is 0 Å². The van der Waals surface area contributed by atoms with Crippen LogP contribution in [0.25, 0.3) is 6.08 Å². The van der Waals surface area contributed by atoms with Crippen molar-refractivity contribution in [3.05, 3.63) is 77.9 Å². The highest BCUT2D eigenvalue weighted by molar-refractivity contribution is 7.81. The average Bonchev–Trinajstić information content (AvgIpc) is 2.38. The van der Waals surface area contributed by atoms with Crippen molar-refractivity contribution in [2.24, 2.45) is 0 Å². The molecule has 0 fully saturated rings. The number of hydrogen-bond acceptors (Lipinski definition) is 1. The van der Waals surface area contributed by atoms with E-state index >= 15 is 0 Å². The second kappa shape index (κ2) is 5.38. The molecule has 2 rings (SSSR count). The van der Waals surface area contributed by atoms with Crippen molar-refractivity contribution in [2.75, 3.05) is 0 Å². The van der Waals surface area contributed by atoms with Crippen molar-refractivity contribution in [3.8, 4) is 0 Å². The zero-order chi connectivity index (χ0) is 11.2. The zero-order valence-electron chi connectivity index (χ0n) is 8.84. The third-order valence-corrected chi connectivity index (χ3v) is 2.66. The minimum absolute atomic E-state index is 0.865. The maximum atomic E-state index is 5.33. The molecule has 0 bridgehead atoms. The maximum Gasteiger partial charge on any atom is 0.0449 e. The van der Waals surface area contributed by atoms with Gasteiger partial charge in [0.2, 0.25) is 0 Å². The summed E-state index contributed by atoms with van der Waals surface area (Å²) in [6.45, 7) is 0. The molecule has 0 radical (unpaired) electrons. The Kier molecular flexibility index (Phi) is 3.62. The Hall–Kier alpha value is -1.73. The normalized spacial score (nSPS) is 10.5. The highest BCUT2D eigenvalue weighted by atomic mass is 32.1. The van der Waals surface area contributed by atoms with Gasteiger partial charge in [-0.2, -0.15) is 0 Å². The Labute approximate surface area is 101 Å². The van der Waals surface area contributed by atoms with Crippen LogP contribution in [0.4, 0.5) is 0 Å². The molecule has 1 heteroatoms. The van der Waals surface area contributed by atoms with Crippen molar-refractivity contribution in [2.45, 2.75) is 0 Å². The quantitative estimate of drug-likeness (QED) is 0.429. The lowest BCUT2D eigenvalue weighted by atomic mass is 10.1. The van der Waals surface area contributed by atoms with Gasteiger partial charge in [0.25, 0.3) is 0 Å². The van der Waals surface area contributed by atoms with Crippen LogP contribution in [0.1, 0.15) is 11.1 Å². The van der Waals surface area contributed by atoms with E-state index < -0.39 is 0 Å². The highest BCUT2D eigenvalue weighted by Crippen LogP contribution is 2.06. The van der Waals surface area contributed by atoms with Gasteiger partial charge in [0.15, 0.2) is 0 Å². The molecule has 78 valence electrons. The van der Waals surface area contributed by atoms with Gasteiger partial charge >= 0.3 is 0 Å². The minimum atomic E-state index is 0.865. The Bertz CT molecular complexity index is 483. The fourth-order valence-corrected chi connectivity index (χ4v) is 1.64. The maximum absolute atomic E-state index is 5.33. The molecule has 0 atom stereocenters. The van der Waals surface area contributed by atoms with E-state index in [1.165, 1.54) is 5.56 Å². The molecule has 2 aromatic rings. The van der Waals surface area contributed by atoms with E-state index in [-0.39, 0.29) is 0 Å². The van der Waals surface area contributed by atoms with Gasteiger partial charge in [0, 0.05) is 4.86 Å². The lowest BCUT2D eigenvalue weighted by Gasteiger charge is -1.97. The molecule has 0 unspecified atom stereocenters. The smallest absolute Gasteiger partial charge is 0.0449 e. The largest absolute Gasteiger partial charge is 0.0795 e. The molecule has 0 saturated carbocycles. The second-order valence-electron chi connectivity index (χ2n) is 3.47. The third kappa shape index (κ3) is 2.88. The zero-order valence-corrected chi connectivity index (χ0v) is 9.65. The van der Waals surface area contributed by atoms with Crippen LogP contribution in [0.3, 0.4) is 0 Å². The molecule has 0 N–H and O–H groups in total. The van der Waals surface area contributed by atoms with Crippen molar-refractivity contribution in [1.82, 2.24) is 0 Å². The summed E-state index contributed by atoms with van der Waals surface area (Å²) in [7, 11) is 0. The number of rotatable bonds is 3. The standard InChI is InChI=1S/C15H12S/c16-15(14-9-5-2-6-10-14)12-11-13-7-3-1-4-8-13/h1-12H. The van der Waals surface area contributed by atoms with Gasteiger partial charge in [-0.1, -0.05) is 79.0 Å². The Morgan fingerprint density at radius 3 is 2.00 bits per heavy atom. The molecular weight excluding hydrogens is 212 g/mol. The molecule has 0 saturated heterocycles. The average molecular weight is 224 g/mol. The SMILES string of the molecule is S=C(C=Cc1ccccc1)c1ccccc1. The molecule has 0 aliphatic rings. The van der Waals surface area contributed by atoms with Gasteiger partial charge in [0.1, 0.15) is 0 Å². The van der Waals surface area contributed by atoms with Crippen LogP contribution >= 0.6 is 12.2 Å². The molecule has 0 aliphatic carbocycles. The van der Waals surface area contributed by atoms with Crippen LogP contribution in [0.15, 0.2) is 66.7 Å². The first-order valence-corrected chi connectivity index (χ1v) is 5.59. The van der Waals surface area contributed by atoms with Crippen LogP contribution in [-0.2, 0) is 0 Å². The van der Waals surface area contributed by atoms with E-state index in [4.69, 9.17) is 12.2 Å². The van der Waals surface area contributed by atoms with Crippen LogP contribution in [0.2, 0.25) is 0 Å². The monoisotopic (exact) mass is 224 g/mol. The first-order valence-electron chi connectivity index (χ1n) is 5.19. The Morgan fingerprint density at radius 1 is 0.812 bits per heavy atom. The summed E-state index contributed by atoms with van der Waals surface area (Å²) in [6, 6.07) is 20.2. The summed E-state index contributed by atoms with van der Waals surface area (Å²) < 4.78 is 0. The summed E-state index contributed by atoms with van der Waals surface area (Å²) >= 11 is 5.33. The number of hydrogen-bond donors (Lipinski definition) is 0. The highest BCUT2D eigenvalue weighted by Gasteiger charge is 1.94. The van der Waals surface area contributed by atoms with Crippen LogP contribution < -0.4 is 0 Å². The molecule has 16 heavy (non-hydrogen) atoms. The second-order valence-corrected chi connectivity index (χ2v) is 3.91. The summed E-state index contributed by atoms with van der Waals surface area (Å²) in [4.78, 5) is 0.865. The first-order chi connectivity index (χ1) is 7.86. The predicted octanol–water partition coefficient (Wildman–Crippen LogP) is 4.12. The van der Waals surface area contributed by atoms with E-state index in [1.807, 2.05) is 60.7 Å². The number of allylic oxidation sites excluding steroid dienone is 1.